The van der Waals surface area contributed by atoms with E-state index in [4.69, 9.17) is 14.6 Å². The van der Waals surface area contributed by atoms with E-state index in [0.717, 1.165) is 25.5 Å². The highest BCUT2D eigenvalue weighted by Gasteiger charge is 2.23. The van der Waals surface area contributed by atoms with Gasteiger partial charge in [0.05, 0.1) is 6.61 Å². The summed E-state index contributed by atoms with van der Waals surface area (Å²) in [5, 5.41) is 7.60. The number of hydrogen-bond acceptors (Lipinski definition) is 4. The Kier molecular flexibility index (Phi) is 12.7. The van der Waals surface area contributed by atoms with Crippen LogP contribution in [-0.4, -0.2) is 36.4 Å². The standard InChI is InChI=1S/C13H24O3.C3H4O2/c1-2-3-4-5-6-7-8-9-13(14)16-11-12-10-15-12;1-2-3(4)5/h12H,2-11H2,1H3;2H,1H2,(H,4,5). The van der Waals surface area contributed by atoms with Crippen LogP contribution in [0.1, 0.15) is 58.3 Å². The number of carboxylic acids is 1. The van der Waals surface area contributed by atoms with E-state index in [0.29, 0.717) is 13.0 Å². The second-order valence-electron chi connectivity index (χ2n) is 5.05. The van der Waals surface area contributed by atoms with Crippen LogP contribution >= 0.6 is 0 Å². The van der Waals surface area contributed by atoms with Crippen LogP contribution in [0.25, 0.3) is 0 Å². The number of esters is 1. The molecule has 1 fully saturated rings. The zero-order valence-electron chi connectivity index (χ0n) is 13.0. The number of hydrogen-bond donors (Lipinski definition) is 1. The Morgan fingerprint density at radius 3 is 2.24 bits per heavy atom. The molecule has 5 nitrogen and oxygen atoms in total. The molecule has 0 aromatic rings. The van der Waals surface area contributed by atoms with Gasteiger partial charge in [-0.2, -0.15) is 0 Å². The molecule has 1 saturated heterocycles. The number of aliphatic carboxylic acids is 1. The van der Waals surface area contributed by atoms with Crippen LogP contribution in [0.2, 0.25) is 0 Å². The van der Waals surface area contributed by atoms with E-state index in [1.54, 1.807) is 0 Å². The molecule has 0 aromatic heterocycles. The van der Waals surface area contributed by atoms with E-state index < -0.39 is 5.97 Å². The highest BCUT2D eigenvalue weighted by Crippen LogP contribution is 2.11. The van der Waals surface area contributed by atoms with Gasteiger partial charge < -0.3 is 14.6 Å². The first-order chi connectivity index (χ1) is 10.1. The fourth-order valence-corrected chi connectivity index (χ4v) is 1.65. The van der Waals surface area contributed by atoms with Gasteiger partial charge in [0.1, 0.15) is 12.7 Å². The van der Waals surface area contributed by atoms with Crippen molar-refractivity contribution >= 4 is 11.9 Å². The van der Waals surface area contributed by atoms with Gasteiger partial charge in [-0.3, -0.25) is 4.79 Å². The summed E-state index contributed by atoms with van der Waals surface area (Å²) < 4.78 is 10.0. The normalized spacial score (nSPS) is 15.6. The van der Waals surface area contributed by atoms with Gasteiger partial charge in [-0.25, -0.2) is 4.79 Å². The summed E-state index contributed by atoms with van der Waals surface area (Å²) in [6, 6.07) is 0. The van der Waals surface area contributed by atoms with E-state index in [-0.39, 0.29) is 12.1 Å². The number of carbonyl (C=O) groups is 2. The average molecular weight is 300 g/mol. The van der Waals surface area contributed by atoms with Gasteiger partial charge in [0, 0.05) is 12.5 Å². The SMILES string of the molecule is C=CC(=O)O.CCCCCCCCCC(=O)OCC1CO1. The molecule has 0 bridgehead atoms. The molecule has 21 heavy (non-hydrogen) atoms. The smallest absolute Gasteiger partial charge is 0.327 e. The van der Waals surface area contributed by atoms with E-state index >= 15 is 0 Å². The number of unbranched alkanes of at least 4 members (excludes halogenated alkanes) is 6. The van der Waals surface area contributed by atoms with Crippen molar-refractivity contribution < 1.29 is 24.2 Å². The van der Waals surface area contributed by atoms with Crippen LogP contribution in [-0.2, 0) is 19.1 Å². The molecule has 0 radical (unpaired) electrons. The minimum absolute atomic E-state index is 0.0657. The summed E-state index contributed by atoms with van der Waals surface area (Å²) >= 11 is 0. The van der Waals surface area contributed by atoms with Crippen molar-refractivity contribution in [2.45, 2.75) is 64.4 Å². The molecule has 1 aliphatic heterocycles. The van der Waals surface area contributed by atoms with E-state index in [9.17, 15) is 9.59 Å². The first-order valence-electron chi connectivity index (χ1n) is 7.72. The highest BCUT2D eigenvalue weighted by atomic mass is 16.6. The Morgan fingerprint density at radius 1 is 1.24 bits per heavy atom. The predicted molar refractivity (Wildman–Crippen MR) is 81.1 cm³/mol. The molecule has 1 rings (SSSR count). The molecule has 0 saturated carbocycles. The number of rotatable bonds is 11. The molecule has 1 unspecified atom stereocenters. The van der Waals surface area contributed by atoms with Crippen molar-refractivity contribution in [2.75, 3.05) is 13.2 Å². The first-order valence-corrected chi connectivity index (χ1v) is 7.72. The van der Waals surface area contributed by atoms with Crippen molar-refractivity contribution in [1.82, 2.24) is 0 Å². The average Bonchev–Trinajstić information content (AvgIpc) is 3.29. The minimum Gasteiger partial charge on any atom is -0.478 e. The number of carbonyl (C=O) groups excluding carboxylic acids is 1. The van der Waals surface area contributed by atoms with Gasteiger partial charge in [0.15, 0.2) is 0 Å². The van der Waals surface area contributed by atoms with Gasteiger partial charge in [0.25, 0.3) is 0 Å². The Morgan fingerprint density at radius 2 is 1.76 bits per heavy atom. The summed E-state index contributed by atoms with van der Waals surface area (Å²) in [4.78, 5) is 20.5. The summed E-state index contributed by atoms with van der Waals surface area (Å²) in [6.07, 6.45) is 10.2. The third-order valence-electron chi connectivity index (χ3n) is 2.99. The van der Waals surface area contributed by atoms with Crippen molar-refractivity contribution in [3.63, 3.8) is 0 Å². The maximum absolute atomic E-state index is 11.2. The third kappa shape index (κ3) is 16.6. The molecule has 1 heterocycles. The number of carboxylic acid groups (broad SMARTS) is 1. The number of epoxide rings is 1. The van der Waals surface area contributed by atoms with E-state index in [2.05, 4.69) is 13.5 Å². The van der Waals surface area contributed by atoms with Gasteiger partial charge in [-0.05, 0) is 6.42 Å². The second kappa shape index (κ2) is 13.6. The van der Waals surface area contributed by atoms with Crippen LogP contribution < -0.4 is 0 Å². The minimum atomic E-state index is -0.981. The lowest BCUT2D eigenvalue weighted by Gasteiger charge is -2.02. The quantitative estimate of drug-likeness (QED) is 0.274. The molecule has 0 spiro atoms. The van der Waals surface area contributed by atoms with E-state index in [1.807, 2.05) is 0 Å². The molecular weight excluding hydrogens is 272 g/mol. The molecular formula is C16H28O5. The molecule has 0 aliphatic carbocycles. The zero-order chi connectivity index (χ0) is 15.9. The lowest BCUT2D eigenvalue weighted by molar-refractivity contribution is -0.144. The van der Waals surface area contributed by atoms with Crippen LogP contribution in [0.15, 0.2) is 12.7 Å². The maximum atomic E-state index is 11.2. The predicted octanol–water partition coefficient (Wildman–Crippen LogP) is 3.33. The molecule has 5 heteroatoms. The van der Waals surface area contributed by atoms with Crippen LogP contribution in [0, 0.1) is 0 Å². The number of ether oxygens (including phenoxy) is 2. The van der Waals surface area contributed by atoms with Crippen molar-refractivity contribution in [3.8, 4) is 0 Å². The second-order valence-corrected chi connectivity index (χ2v) is 5.05. The van der Waals surface area contributed by atoms with Gasteiger partial charge in [-0.1, -0.05) is 52.0 Å². The lowest BCUT2D eigenvalue weighted by atomic mass is 10.1. The summed E-state index contributed by atoms with van der Waals surface area (Å²) in [7, 11) is 0. The van der Waals surface area contributed by atoms with E-state index in [1.165, 1.54) is 32.1 Å². The zero-order valence-corrected chi connectivity index (χ0v) is 13.0. The van der Waals surface area contributed by atoms with Gasteiger partial charge >= 0.3 is 11.9 Å². The summed E-state index contributed by atoms with van der Waals surface area (Å²) in [5.41, 5.74) is 0. The Balaban J connectivity index is 0.000000690. The van der Waals surface area contributed by atoms with Crippen LogP contribution in [0.4, 0.5) is 0 Å². The maximum Gasteiger partial charge on any atom is 0.327 e. The van der Waals surface area contributed by atoms with Gasteiger partial charge in [-0.15, -0.1) is 0 Å². The molecule has 0 amide bonds. The van der Waals surface area contributed by atoms with Crippen molar-refractivity contribution in [2.24, 2.45) is 0 Å². The summed E-state index contributed by atoms with van der Waals surface area (Å²) in [5.74, 6) is -1.05. The van der Waals surface area contributed by atoms with Crippen molar-refractivity contribution in [1.29, 1.82) is 0 Å². The molecule has 1 atom stereocenters. The Labute approximate surface area is 127 Å². The van der Waals surface area contributed by atoms with Crippen molar-refractivity contribution in [3.05, 3.63) is 12.7 Å². The van der Waals surface area contributed by atoms with Crippen LogP contribution in [0.5, 0.6) is 0 Å². The Bertz CT molecular complexity index is 297. The Hall–Kier alpha value is -1.36. The topological polar surface area (TPSA) is 76.1 Å². The molecule has 0 aromatic carbocycles. The summed E-state index contributed by atoms with van der Waals surface area (Å²) in [6.45, 7) is 6.39. The molecule has 122 valence electrons. The third-order valence-corrected chi connectivity index (χ3v) is 2.99. The molecule has 1 N–H and O–H groups in total. The van der Waals surface area contributed by atoms with Gasteiger partial charge in [0.2, 0.25) is 0 Å². The largest absolute Gasteiger partial charge is 0.478 e. The molecule has 1 aliphatic rings. The first kappa shape index (κ1) is 19.6. The lowest BCUT2D eigenvalue weighted by Crippen LogP contribution is -2.09. The van der Waals surface area contributed by atoms with Crippen LogP contribution in [0.3, 0.4) is 0 Å². The monoisotopic (exact) mass is 300 g/mol. The fraction of sp³-hybridized carbons (Fsp3) is 0.750. The fourth-order valence-electron chi connectivity index (χ4n) is 1.65. The highest BCUT2D eigenvalue weighted by molar-refractivity contribution is 5.78.